The Bertz CT molecular complexity index is 863. The molecule has 0 spiro atoms. The van der Waals surface area contributed by atoms with Gasteiger partial charge in [-0.15, -0.1) is 0 Å². The molecule has 0 bridgehead atoms. The lowest BCUT2D eigenvalue weighted by atomic mass is 9.76. The molecule has 4 rings (SSSR count). The third-order valence-corrected chi connectivity index (χ3v) is 5.52. The SMILES string of the molecule is CC(C)c1nc(CCN2C[C@@](C)(Cc3ccc4c(c3)OCO4)CCC2=O)no1. The molecule has 1 fully saturated rings. The lowest BCUT2D eigenvalue weighted by molar-refractivity contribution is -0.137. The van der Waals surface area contributed by atoms with Crippen molar-refractivity contribution in [1.29, 1.82) is 0 Å². The highest BCUT2D eigenvalue weighted by Crippen LogP contribution is 2.37. The van der Waals surface area contributed by atoms with Crippen LogP contribution in [0.1, 0.15) is 56.8 Å². The predicted octanol–water partition coefficient (Wildman–Crippen LogP) is 3.34. The number of fused-ring (bicyclic) bond motifs is 1. The number of benzene rings is 1. The van der Waals surface area contributed by atoms with Gasteiger partial charge in [-0.1, -0.05) is 32.0 Å². The fraction of sp³-hybridized carbons (Fsp3) is 0.571. The van der Waals surface area contributed by atoms with E-state index in [4.69, 9.17) is 14.0 Å². The number of nitrogens with zero attached hydrogens (tertiary/aromatic N) is 3. The van der Waals surface area contributed by atoms with E-state index in [9.17, 15) is 4.79 Å². The zero-order chi connectivity index (χ0) is 19.7. The van der Waals surface area contributed by atoms with Gasteiger partial charge < -0.3 is 18.9 Å². The Morgan fingerprint density at radius 1 is 1.25 bits per heavy atom. The van der Waals surface area contributed by atoms with Gasteiger partial charge in [-0.2, -0.15) is 4.98 Å². The summed E-state index contributed by atoms with van der Waals surface area (Å²) in [4.78, 5) is 18.8. The van der Waals surface area contributed by atoms with E-state index in [0.717, 1.165) is 30.9 Å². The summed E-state index contributed by atoms with van der Waals surface area (Å²) in [6.45, 7) is 7.93. The summed E-state index contributed by atoms with van der Waals surface area (Å²) < 4.78 is 16.2. The molecule has 2 aliphatic heterocycles. The Kier molecular flexibility index (Phi) is 5.00. The molecule has 0 saturated carbocycles. The fourth-order valence-electron chi connectivity index (χ4n) is 3.93. The maximum absolute atomic E-state index is 12.4. The smallest absolute Gasteiger partial charge is 0.231 e. The molecule has 1 saturated heterocycles. The van der Waals surface area contributed by atoms with Crippen molar-refractivity contribution in [2.75, 3.05) is 19.9 Å². The first-order chi connectivity index (χ1) is 13.4. The predicted molar refractivity (Wildman–Crippen MR) is 102 cm³/mol. The molecule has 0 aliphatic carbocycles. The van der Waals surface area contributed by atoms with Gasteiger partial charge in [0, 0.05) is 31.8 Å². The fourth-order valence-corrected chi connectivity index (χ4v) is 3.93. The average Bonchev–Trinajstić information content (AvgIpc) is 3.31. The van der Waals surface area contributed by atoms with E-state index in [2.05, 4.69) is 29.2 Å². The molecule has 2 aliphatic rings. The van der Waals surface area contributed by atoms with Crippen LogP contribution in [0.15, 0.2) is 22.7 Å². The molecular weight excluding hydrogens is 358 g/mol. The van der Waals surface area contributed by atoms with E-state index in [-0.39, 0.29) is 24.0 Å². The van der Waals surface area contributed by atoms with Crippen molar-refractivity contribution in [2.24, 2.45) is 5.41 Å². The zero-order valence-electron chi connectivity index (χ0n) is 16.7. The van der Waals surface area contributed by atoms with E-state index in [1.807, 2.05) is 24.8 Å². The molecule has 2 aromatic rings. The van der Waals surface area contributed by atoms with Crippen molar-refractivity contribution >= 4 is 5.91 Å². The van der Waals surface area contributed by atoms with E-state index >= 15 is 0 Å². The van der Waals surface area contributed by atoms with Gasteiger partial charge in [-0.25, -0.2) is 0 Å². The van der Waals surface area contributed by atoms with Crippen LogP contribution in [0.5, 0.6) is 11.5 Å². The number of carbonyl (C=O) groups is 1. The number of piperidine rings is 1. The Morgan fingerprint density at radius 2 is 2.07 bits per heavy atom. The van der Waals surface area contributed by atoms with Gasteiger partial charge in [0.15, 0.2) is 17.3 Å². The van der Waals surface area contributed by atoms with Gasteiger partial charge in [0.1, 0.15) is 0 Å². The number of hydrogen-bond acceptors (Lipinski definition) is 6. The van der Waals surface area contributed by atoms with Crippen LogP contribution in [0.2, 0.25) is 0 Å². The monoisotopic (exact) mass is 385 g/mol. The van der Waals surface area contributed by atoms with E-state index in [1.165, 1.54) is 5.56 Å². The van der Waals surface area contributed by atoms with Crippen molar-refractivity contribution in [3.63, 3.8) is 0 Å². The Labute approximate surface area is 165 Å². The minimum Gasteiger partial charge on any atom is -0.454 e. The summed E-state index contributed by atoms with van der Waals surface area (Å²) in [6, 6.07) is 6.11. The molecule has 7 nitrogen and oxygen atoms in total. The Balaban J connectivity index is 1.39. The number of carbonyl (C=O) groups excluding carboxylic acids is 1. The quantitative estimate of drug-likeness (QED) is 0.759. The highest BCUT2D eigenvalue weighted by molar-refractivity contribution is 5.77. The van der Waals surface area contributed by atoms with Gasteiger partial charge in [-0.05, 0) is 36.0 Å². The molecule has 7 heteroatoms. The highest BCUT2D eigenvalue weighted by Gasteiger charge is 2.35. The lowest BCUT2D eigenvalue weighted by Crippen LogP contribution is -2.46. The first kappa shape index (κ1) is 18.8. The number of likely N-dealkylation sites (tertiary alicyclic amines) is 1. The molecule has 3 heterocycles. The van der Waals surface area contributed by atoms with Crippen LogP contribution in [0, 0.1) is 5.41 Å². The number of amides is 1. The average molecular weight is 385 g/mol. The number of hydrogen-bond donors (Lipinski definition) is 0. The summed E-state index contributed by atoms with van der Waals surface area (Å²) in [5.41, 5.74) is 1.24. The third kappa shape index (κ3) is 3.98. The van der Waals surface area contributed by atoms with Crippen LogP contribution in [-0.4, -0.2) is 40.8 Å². The van der Waals surface area contributed by atoms with Crippen LogP contribution in [-0.2, 0) is 17.6 Å². The van der Waals surface area contributed by atoms with Gasteiger partial charge in [0.2, 0.25) is 18.6 Å². The molecule has 1 amide bonds. The summed E-state index contributed by atoms with van der Waals surface area (Å²) in [5, 5.41) is 4.03. The second-order valence-electron chi connectivity index (χ2n) is 8.44. The summed E-state index contributed by atoms with van der Waals surface area (Å²) >= 11 is 0. The maximum atomic E-state index is 12.4. The highest BCUT2D eigenvalue weighted by atomic mass is 16.7. The molecule has 1 aromatic heterocycles. The molecule has 1 atom stereocenters. The van der Waals surface area contributed by atoms with E-state index < -0.39 is 0 Å². The largest absolute Gasteiger partial charge is 0.454 e. The zero-order valence-corrected chi connectivity index (χ0v) is 16.7. The van der Waals surface area contributed by atoms with Crippen LogP contribution in [0.3, 0.4) is 0 Å². The molecule has 0 unspecified atom stereocenters. The first-order valence-corrected chi connectivity index (χ1v) is 9.91. The van der Waals surface area contributed by atoms with E-state index in [0.29, 0.717) is 31.1 Å². The summed E-state index contributed by atoms with van der Waals surface area (Å²) in [5.74, 6) is 3.34. The van der Waals surface area contributed by atoms with Crippen LogP contribution in [0.4, 0.5) is 0 Å². The molecule has 0 radical (unpaired) electrons. The third-order valence-electron chi connectivity index (χ3n) is 5.52. The van der Waals surface area contributed by atoms with Gasteiger partial charge in [0.05, 0.1) is 0 Å². The van der Waals surface area contributed by atoms with Gasteiger partial charge >= 0.3 is 0 Å². The van der Waals surface area contributed by atoms with Crippen LogP contribution in [0.25, 0.3) is 0 Å². The topological polar surface area (TPSA) is 77.7 Å². The first-order valence-electron chi connectivity index (χ1n) is 9.91. The van der Waals surface area contributed by atoms with Crippen LogP contribution < -0.4 is 9.47 Å². The molecule has 0 N–H and O–H groups in total. The number of rotatable bonds is 6. The van der Waals surface area contributed by atoms with Crippen molar-refractivity contribution in [1.82, 2.24) is 15.0 Å². The normalized spacial score (nSPS) is 21.6. The number of ether oxygens (including phenoxy) is 2. The summed E-state index contributed by atoms with van der Waals surface area (Å²) in [6.07, 6.45) is 2.97. The Morgan fingerprint density at radius 3 is 2.86 bits per heavy atom. The van der Waals surface area contributed by atoms with E-state index in [1.54, 1.807) is 0 Å². The van der Waals surface area contributed by atoms with Crippen molar-refractivity contribution in [3.05, 3.63) is 35.5 Å². The lowest BCUT2D eigenvalue weighted by Gasteiger charge is -2.40. The molecule has 28 heavy (non-hydrogen) atoms. The minimum absolute atomic E-state index is 0.0297. The second kappa shape index (κ2) is 7.45. The molecular formula is C21H27N3O4. The molecule has 150 valence electrons. The summed E-state index contributed by atoms with van der Waals surface area (Å²) in [7, 11) is 0. The second-order valence-corrected chi connectivity index (χ2v) is 8.44. The Hall–Kier alpha value is -2.57. The minimum atomic E-state index is 0.0297. The van der Waals surface area contributed by atoms with Crippen LogP contribution >= 0.6 is 0 Å². The molecule has 1 aromatic carbocycles. The standard InChI is InChI=1S/C21H27N3O4/c1-14(2)20-22-18(23-28-20)7-9-24-12-21(3,8-6-19(24)25)11-15-4-5-16-17(10-15)27-13-26-16/h4-5,10,14H,6-9,11-13H2,1-3H3/t21-/m1/s1. The van der Waals surface area contributed by atoms with Crippen molar-refractivity contribution < 1.29 is 18.8 Å². The van der Waals surface area contributed by atoms with Gasteiger partial charge in [0.25, 0.3) is 0 Å². The van der Waals surface area contributed by atoms with Gasteiger partial charge in [-0.3, -0.25) is 4.79 Å². The number of aromatic nitrogens is 2. The van der Waals surface area contributed by atoms with Crippen molar-refractivity contribution in [3.8, 4) is 11.5 Å². The maximum Gasteiger partial charge on any atom is 0.231 e. The van der Waals surface area contributed by atoms with Crippen molar-refractivity contribution in [2.45, 2.75) is 52.4 Å².